The molecule has 0 radical (unpaired) electrons. The molecule has 2 saturated heterocycles. The fourth-order valence-corrected chi connectivity index (χ4v) is 5.71. The molecule has 24 heavy (non-hydrogen) atoms. The maximum absolute atomic E-state index is 13.6. The predicted molar refractivity (Wildman–Crippen MR) is 97.4 cm³/mol. The second-order valence-electron chi connectivity index (χ2n) is 8.26. The lowest BCUT2D eigenvalue weighted by atomic mass is 9.72. The van der Waals surface area contributed by atoms with Crippen LogP contribution in [0.2, 0.25) is 0 Å². The average molecular weight is 392 g/mol. The van der Waals surface area contributed by atoms with E-state index in [0.29, 0.717) is 24.3 Å². The van der Waals surface area contributed by atoms with Gasteiger partial charge in [0.2, 0.25) is 5.91 Å². The summed E-state index contributed by atoms with van der Waals surface area (Å²) in [5, 5.41) is 0. The Bertz CT molecular complexity index is 658. The highest BCUT2D eigenvalue weighted by Crippen LogP contribution is 2.61. The minimum atomic E-state index is -0.405. The highest BCUT2D eigenvalue weighted by Gasteiger charge is 2.70. The number of rotatable bonds is 3. The van der Waals surface area contributed by atoms with Crippen molar-refractivity contribution >= 4 is 21.8 Å². The van der Waals surface area contributed by atoms with Crippen molar-refractivity contribution in [3.8, 4) is 0 Å². The summed E-state index contributed by atoms with van der Waals surface area (Å²) in [5.41, 5.74) is 0.581. The molecule has 3 nitrogen and oxygen atoms in total. The van der Waals surface area contributed by atoms with Gasteiger partial charge in [0.05, 0.1) is 18.1 Å². The summed E-state index contributed by atoms with van der Waals surface area (Å²) in [6.07, 6.45) is 4.06. The molecule has 130 valence electrons. The molecular formula is C20H26BrNO2. The van der Waals surface area contributed by atoms with Gasteiger partial charge in [-0.3, -0.25) is 4.79 Å². The first kappa shape index (κ1) is 16.6. The quantitative estimate of drug-likeness (QED) is 0.764. The topological polar surface area (TPSA) is 29.5 Å². The van der Waals surface area contributed by atoms with Crippen LogP contribution >= 0.6 is 15.9 Å². The van der Waals surface area contributed by atoms with E-state index in [1.165, 1.54) is 5.56 Å². The first-order chi connectivity index (χ1) is 11.4. The number of ether oxygens (including phenoxy) is 1. The van der Waals surface area contributed by atoms with Crippen LogP contribution in [-0.2, 0) is 16.0 Å². The van der Waals surface area contributed by atoms with Gasteiger partial charge in [-0.2, -0.15) is 0 Å². The molecule has 3 fully saturated rings. The lowest BCUT2D eigenvalue weighted by Crippen LogP contribution is -2.48. The summed E-state index contributed by atoms with van der Waals surface area (Å²) < 4.78 is 7.39. The molecule has 1 saturated carbocycles. The molecular weight excluding hydrogens is 366 g/mol. The lowest BCUT2D eigenvalue weighted by Gasteiger charge is -2.34. The first-order valence-corrected chi connectivity index (χ1v) is 9.90. The van der Waals surface area contributed by atoms with E-state index in [4.69, 9.17) is 4.74 Å². The van der Waals surface area contributed by atoms with E-state index in [9.17, 15) is 4.79 Å². The summed E-state index contributed by atoms with van der Waals surface area (Å²) >= 11 is 3.50. The Morgan fingerprint density at radius 2 is 2.04 bits per heavy atom. The van der Waals surface area contributed by atoms with Gasteiger partial charge in [0, 0.05) is 10.4 Å². The van der Waals surface area contributed by atoms with Crippen LogP contribution in [-0.4, -0.2) is 29.2 Å². The minimum absolute atomic E-state index is 0.217. The third-order valence-electron chi connectivity index (χ3n) is 6.63. The van der Waals surface area contributed by atoms with Gasteiger partial charge in [0.25, 0.3) is 0 Å². The largest absolute Gasteiger partial charge is 0.353 e. The number of nitrogens with zero attached hydrogens (tertiary/aromatic N) is 1. The number of fused-ring (bicyclic) bond motifs is 3. The van der Waals surface area contributed by atoms with E-state index in [1.54, 1.807) is 0 Å². The molecule has 0 unspecified atom stereocenters. The van der Waals surface area contributed by atoms with Gasteiger partial charge in [-0.1, -0.05) is 48.3 Å². The maximum atomic E-state index is 13.6. The zero-order valence-corrected chi connectivity index (χ0v) is 16.3. The van der Waals surface area contributed by atoms with Gasteiger partial charge < -0.3 is 9.64 Å². The van der Waals surface area contributed by atoms with Crippen LogP contribution in [0.1, 0.15) is 45.6 Å². The van der Waals surface area contributed by atoms with Crippen molar-refractivity contribution < 1.29 is 9.53 Å². The van der Waals surface area contributed by atoms with Gasteiger partial charge in [-0.05, 0) is 49.8 Å². The molecule has 2 aliphatic heterocycles. The van der Waals surface area contributed by atoms with Crippen molar-refractivity contribution in [1.82, 2.24) is 4.90 Å². The predicted octanol–water partition coefficient (Wildman–Crippen LogP) is 4.39. The van der Waals surface area contributed by atoms with E-state index in [2.05, 4.69) is 65.9 Å². The molecule has 2 heterocycles. The van der Waals surface area contributed by atoms with Crippen molar-refractivity contribution in [3.05, 3.63) is 34.3 Å². The highest BCUT2D eigenvalue weighted by molar-refractivity contribution is 9.10. The molecule has 4 rings (SSSR count). The Morgan fingerprint density at radius 1 is 1.33 bits per heavy atom. The summed E-state index contributed by atoms with van der Waals surface area (Å²) in [6, 6.07) is 8.66. The second kappa shape index (κ2) is 5.57. The molecule has 1 aromatic rings. The number of carbonyl (C=O) groups is 1. The number of hydrogen-bond donors (Lipinski definition) is 0. The van der Waals surface area contributed by atoms with Crippen molar-refractivity contribution in [2.75, 3.05) is 6.61 Å². The van der Waals surface area contributed by atoms with E-state index in [1.807, 2.05) is 0 Å². The zero-order valence-electron chi connectivity index (χ0n) is 14.7. The van der Waals surface area contributed by atoms with Crippen LogP contribution in [0.15, 0.2) is 28.7 Å². The molecule has 0 spiro atoms. The van der Waals surface area contributed by atoms with Gasteiger partial charge >= 0.3 is 0 Å². The van der Waals surface area contributed by atoms with Gasteiger partial charge in [-0.25, -0.2) is 0 Å². The third kappa shape index (κ3) is 2.15. The lowest BCUT2D eigenvalue weighted by molar-refractivity contribution is -0.143. The molecule has 0 aromatic heterocycles. The van der Waals surface area contributed by atoms with Crippen LogP contribution in [0.4, 0.5) is 0 Å². The zero-order chi connectivity index (χ0) is 17.1. The number of amides is 1. The van der Waals surface area contributed by atoms with Gasteiger partial charge in [0.15, 0.2) is 0 Å². The number of halogens is 1. The van der Waals surface area contributed by atoms with Crippen molar-refractivity contribution in [2.45, 2.75) is 58.2 Å². The van der Waals surface area contributed by atoms with Crippen LogP contribution in [0.3, 0.4) is 0 Å². The third-order valence-corrected chi connectivity index (χ3v) is 7.16. The average Bonchev–Trinajstić information content (AvgIpc) is 3.15. The Morgan fingerprint density at radius 3 is 2.71 bits per heavy atom. The fourth-order valence-electron chi connectivity index (χ4n) is 5.44. The van der Waals surface area contributed by atoms with Gasteiger partial charge in [0.1, 0.15) is 5.72 Å². The molecule has 1 aromatic carbocycles. The molecule has 4 atom stereocenters. The monoisotopic (exact) mass is 391 g/mol. The highest BCUT2D eigenvalue weighted by atomic mass is 79.9. The summed E-state index contributed by atoms with van der Waals surface area (Å²) in [5.74, 6) is 1.08. The summed E-state index contributed by atoms with van der Waals surface area (Å²) in [6.45, 7) is 7.24. The standard InChI is InChI=1S/C20H26BrNO2/c1-13(2)16-12-24-19(3)17-5-4-10-20(17,18(23)22(16)19)11-14-6-8-15(21)9-7-14/h6-9,13,16-17H,4-5,10-12H2,1-3H3/t16-,17+,19+,20+/m1/s1. The normalized spacial score (nSPS) is 38.0. The fraction of sp³-hybridized carbons (Fsp3) is 0.650. The minimum Gasteiger partial charge on any atom is -0.353 e. The second-order valence-corrected chi connectivity index (χ2v) is 9.17. The summed E-state index contributed by atoms with van der Waals surface area (Å²) in [7, 11) is 0. The van der Waals surface area contributed by atoms with Crippen LogP contribution < -0.4 is 0 Å². The SMILES string of the molecule is CC(C)[C@H]1CO[C@@]2(C)[C@@H]3CCC[C@@]3(Cc3ccc(Br)cc3)C(=O)N12. The van der Waals surface area contributed by atoms with Crippen molar-refractivity contribution in [1.29, 1.82) is 0 Å². The molecule has 1 amide bonds. The number of carbonyl (C=O) groups excluding carboxylic acids is 1. The van der Waals surface area contributed by atoms with E-state index >= 15 is 0 Å². The van der Waals surface area contributed by atoms with E-state index in [0.717, 1.165) is 30.2 Å². The molecule has 4 heteroatoms. The van der Waals surface area contributed by atoms with E-state index in [-0.39, 0.29) is 11.5 Å². The first-order valence-electron chi connectivity index (χ1n) is 9.11. The molecule has 0 bridgehead atoms. The maximum Gasteiger partial charge on any atom is 0.232 e. The van der Waals surface area contributed by atoms with E-state index < -0.39 is 5.72 Å². The van der Waals surface area contributed by atoms with Crippen LogP contribution in [0, 0.1) is 17.3 Å². The molecule has 0 N–H and O–H groups in total. The smallest absolute Gasteiger partial charge is 0.232 e. The number of benzene rings is 1. The van der Waals surface area contributed by atoms with Crippen LogP contribution in [0.25, 0.3) is 0 Å². The Kier molecular flexibility index (Phi) is 3.85. The Hall–Kier alpha value is -0.870. The van der Waals surface area contributed by atoms with Crippen molar-refractivity contribution in [3.63, 3.8) is 0 Å². The number of hydrogen-bond acceptors (Lipinski definition) is 2. The van der Waals surface area contributed by atoms with Crippen LogP contribution in [0.5, 0.6) is 0 Å². The molecule has 1 aliphatic carbocycles. The summed E-state index contributed by atoms with van der Waals surface area (Å²) in [4.78, 5) is 15.7. The van der Waals surface area contributed by atoms with Gasteiger partial charge in [-0.15, -0.1) is 0 Å². The molecule has 3 aliphatic rings. The Balaban J connectivity index is 1.72. The van der Waals surface area contributed by atoms with Crippen molar-refractivity contribution in [2.24, 2.45) is 17.3 Å². The Labute approximate surface area is 152 Å².